The Labute approximate surface area is 81.2 Å². The first-order chi connectivity index (χ1) is 6.56. The molecule has 4 nitrogen and oxygen atoms in total. The number of hydrogen-bond donors (Lipinski definition) is 3. The second-order valence-corrected chi connectivity index (χ2v) is 3.06. The molecule has 1 heterocycles. The quantitative estimate of drug-likeness (QED) is 0.594. The van der Waals surface area contributed by atoms with E-state index in [0.717, 1.165) is 6.07 Å². The first kappa shape index (κ1) is 11.0. The normalized spacial score (nSPS) is 15.2. The van der Waals surface area contributed by atoms with E-state index in [-0.39, 0.29) is 6.54 Å². The summed E-state index contributed by atoms with van der Waals surface area (Å²) in [6, 6.07) is 2.52. The third kappa shape index (κ3) is 2.25. The Balaban J connectivity index is 2.95. The summed E-state index contributed by atoms with van der Waals surface area (Å²) >= 11 is 0. The van der Waals surface area contributed by atoms with E-state index in [9.17, 15) is 14.6 Å². The van der Waals surface area contributed by atoms with Crippen LogP contribution in [0.25, 0.3) is 0 Å². The maximum Gasteiger partial charge on any atom is 0.213 e. The van der Waals surface area contributed by atoms with Gasteiger partial charge in [0.25, 0.3) is 0 Å². The number of aryl methyl sites for hydroxylation is 1. The molecule has 14 heavy (non-hydrogen) atoms. The molecule has 4 N–H and O–H groups in total. The lowest BCUT2D eigenvalue weighted by atomic mass is 10.0. The minimum Gasteiger partial charge on any atom is -0.389 e. The minimum absolute atomic E-state index is 0.0576. The second-order valence-electron chi connectivity index (χ2n) is 3.06. The predicted octanol–water partition coefficient (Wildman–Crippen LogP) is -0.118. The molecule has 0 aliphatic carbocycles. The van der Waals surface area contributed by atoms with Crippen LogP contribution in [0, 0.1) is 12.9 Å². The largest absolute Gasteiger partial charge is 0.389 e. The summed E-state index contributed by atoms with van der Waals surface area (Å²) in [4.78, 5) is 3.53. The Morgan fingerprint density at radius 2 is 2.14 bits per heavy atom. The molecule has 0 saturated heterocycles. The van der Waals surface area contributed by atoms with Gasteiger partial charge in [-0.3, -0.25) is 0 Å². The van der Waals surface area contributed by atoms with Gasteiger partial charge < -0.3 is 15.9 Å². The molecule has 0 aliphatic rings. The van der Waals surface area contributed by atoms with Gasteiger partial charge in [0.15, 0.2) is 0 Å². The van der Waals surface area contributed by atoms with Crippen LogP contribution in [0.5, 0.6) is 0 Å². The van der Waals surface area contributed by atoms with Crippen LogP contribution in [0.3, 0.4) is 0 Å². The van der Waals surface area contributed by atoms with Crippen molar-refractivity contribution >= 4 is 0 Å². The average molecular weight is 200 g/mol. The summed E-state index contributed by atoms with van der Waals surface area (Å²) in [7, 11) is 0. The van der Waals surface area contributed by atoms with E-state index in [1.807, 2.05) is 0 Å². The van der Waals surface area contributed by atoms with Gasteiger partial charge in [-0.1, -0.05) is 0 Å². The fourth-order valence-electron chi connectivity index (χ4n) is 1.19. The first-order valence-corrected chi connectivity index (χ1v) is 4.25. The number of aliphatic hydroxyl groups excluding tert-OH is 2. The summed E-state index contributed by atoms with van der Waals surface area (Å²) in [5.74, 6) is -0.610. The molecule has 0 amide bonds. The number of aliphatic hydroxyl groups is 2. The molecule has 0 fully saturated rings. The predicted molar refractivity (Wildman–Crippen MR) is 49.0 cm³/mol. The Morgan fingerprint density at radius 3 is 2.64 bits per heavy atom. The molecular formula is C9H13FN2O2. The molecule has 2 unspecified atom stereocenters. The van der Waals surface area contributed by atoms with Gasteiger partial charge in [0.2, 0.25) is 5.95 Å². The van der Waals surface area contributed by atoms with Gasteiger partial charge in [0, 0.05) is 17.8 Å². The second kappa shape index (κ2) is 4.45. The summed E-state index contributed by atoms with van der Waals surface area (Å²) in [6.45, 7) is 1.50. The zero-order valence-corrected chi connectivity index (χ0v) is 7.81. The third-order valence-electron chi connectivity index (χ3n) is 2.02. The van der Waals surface area contributed by atoms with Crippen molar-refractivity contribution in [2.24, 2.45) is 5.73 Å². The van der Waals surface area contributed by atoms with E-state index < -0.39 is 18.2 Å². The van der Waals surface area contributed by atoms with Gasteiger partial charge in [-0.15, -0.1) is 0 Å². The number of halogens is 1. The summed E-state index contributed by atoms with van der Waals surface area (Å²) in [5.41, 5.74) is 5.93. The van der Waals surface area contributed by atoms with Crippen molar-refractivity contribution in [1.82, 2.24) is 4.98 Å². The molecule has 2 atom stereocenters. The smallest absolute Gasteiger partial charge is 0.213 e. The van der Waals surface area contributed by atoms with E-state index in [0.29, 0.717) is 11.3 Å². The lowest BCUT2D eigenvalue weighted by Crippen LogP contribution is -2.27. The standard InChI is InChI=1S/C9H13FN2O2/c1-5-6(2-3-8(10)12-5)9(14)7(13)4-11/h2-3,7,9,13-14H,4,11H2,1H3. The SMILES string of the molecule is Cc1nc(F)ccc1C(O)C(O)CN. The highest BCUT2D eigenvalue weighted by Crippen LogP contribution is 2.19. The van der Waals surface area contributed by atoms with Gasteiger partial charge in [0.05, 0.1) is 6.10 Å². The first-order valence-electron chi connectivity index (χ1n) is 4.25. The highest BCUT2D eigenvalue weighted by Gasteiger charge is 2.19. The maximum absolute atomic E-state index is 12.6. The summed E-state index contributed by atoms with van der Waals surface area (Å²) in [5, 5.41) is 18.8. The Hall–Kier alpha value is -1.04. The fraction of sp³-hybridized carbons (Fsp3) is 0.444. The van der Waals surface area contributed by atoms with Crippen LogP contribution in [0.15, 0.2) is 12.1 Å². The number of rotatable bonds is 3. The number of hydrogen-bond acceptors (Lipinski definition) is 4. The van der Waals surface area contributed by atoms with Crippen LogP contribution in [-0.2, 0) is 0 Å². The van der Waals surface area contributed by atoms with Crippen molar-refractivity contribution < 1.29 is 14.6 Å². The lowest BCUT2D eigenvalue weighted by molar-refractivity contribution is 0.0236. The number of nitrogens with two attached hydrogens (primary N) is 1. The van der Waals surface area contributed by atoms with Crippen molar-refractivity contribution in [3.8, 4) is 0 Å². The molecule has 5 heteroatoms. The third-order valence-corrected chi connectivity index (χ3v) is 2.02. The molecule has 1 aromatic rings. The van der Waals surface area contributed by atoms with Crippen molar-refractivity contribution in [2.45, 2.75) is 19.1 Å². The molecule has 0 aromatic carbocycles. The molecular weight excluding hydrogens is 187 g/mol. The zero-order valence-electron chi connectivity index (χ0n) is 7.81. The molecule has 1 rings (SSSR count). The van der Waals surface area contributed by atoms with Gasteiger partial charge in [-0.2, -0.15) is 4.39 Å². The number of aromatic nitrogens is 1. The molecule has 0 radical (unpaired) electrons. The van der Waals surface area contributed by atoms with E-state index in [4.69, 9.17) is 5.73 Å². The topological polar surface area (TPSA) is 79.4 Å². The van der Waals surface area contributed by atoms with Crippen molar-refractivity contribution in [1.29, 1.82) is 0 Å². The van der Waals surface area contributed by atoms with E-state index >= 15 is 0 Å². The van der Waals surface area contributed by atoms with Crippen LogP contribution in [0.1, 0.15) is 17.4 Å². The molecule has 0 aliphatic heterocycles. The van der Waals surface area contributed by atoms with Crippen LogP contribution < -0.4 is 5.73 Å². The monoisotopic (exact) mass is 200 g/mol. The maximum atomic E-state index is 12.6. The van der Waals surface area contributed by atoms with Gasteiger partial charge in [0.1, 0.15) is 6.10 Å². The van der Waals surface area contributed by atoms with Crippen LogP contribution in [-0.4, -0.2) is 27.8 Å². The van der Waals surface area contributed by atoms with Crippen LogP contribution in [0.4, 0.5) is 4.39 Å². The molecule has 0 spiro atoms. The highest BCUT2D eigenvalue weighted by molar-refractivity contribution is 5.22. The molecule has 0 bridgehead atoms. The zero-order chi connectivity index (χ0) is 10.7. The molecule has 1 aromatic heterocycles. The minimum atomic E-state index is -1.12. The lowest BCUT2D eigenvalue weighted by Gasteiger charge is -2.17. The van der Waals surface area contributed by atoms with Crippen LogP contribution >= 0.6 is 0 Å². The van der Waals surface area contributed by atoms with E-state index in [1.54, 1.807) is 6.92 Å². The molecule has 0 saturated carbocycles. The fourth-order valence-corrected chi connectivity index (χ4v) is 1.19. The Bertz CT molecular complexity index is 320. The number of pyridine rings is 1. The van der Waals surface area contributed by atoms with Crippen molar-refractivity contribution in [3.63, 3.8) is 0 Å². The van der Waals surface area contributed by atoms with Gasteiger partial charge in [-0.25, -0.2) is 4.98 Å². The average Bonchev–Trinajstić information content (AvgIpc) is 2.15. The highest BCUT2D eigenvalue weighted by atomic mass is 19.1. The summed E-state index contributed by atoms with van der Waals surface area (Å²) in [6.07, 6.45) is -2.17. The van der Waals surface area contributed by atoms with E-state index in [2.05, 4.69) is 4.98 Å². The van der Waals surface area contributed by atoms with Crippen molar-refractivity contribution in [2.75, 3.05) is 6.54 Å². The van der Waals surface area contributed by atoms with E-state index in [1.165, 1.54) is 6.07 Å². The van der Waals surface area contributed by atoms with Crippen molar-refractivity contribution in [3.05, 3.63) is 29.3 Å². The Kier molecular flexibility index (Phi) is 3.51. The Morgan fingerprint density at radius 1 is 1.50 bits per heavy atom. The van der Waals surface area contributed by atoms with Gasteiger partial charge in [-0.05, 0) is 19.1 Å². The molecule has 78 valence electrons. The summed E-state index contributed by atoms with van der Waals surface area (Å²) < 4.78 is 12.6. The van der Waals surface area contributed by atoms with Crippen LogP contribution in [0.2, 0.25) is 0 Å². The van der Waals surface area contributed by atoms with Gasteiger partial charge >= 0.3 is 0 Å². The number of nitrogens with zero attached hydrogens (tertiary/aromatic N) is 1.